The van der Waals surface area contributed by atoms with Crippen molar-refractivity contribution in [2.75, 3.05) is 0 Å². The Morgan fingerprint density at radius 1 is 1.25 bits per heavy atom. The van der Waals surface area contributed by atoms with Crippen LogP contribution in [0.1, 0.15) is 30.2 Å². The maximum atomic E-state index is 12.2. The number of hydrogen-bond acceptors (Lipinski definition) is 2. The molecule has 0 saturated heterocycles. The molecule has 0 aliphatic heterocycles. The number of rotatable bonds is 2. The van der Waals surface area contributed by atoms with E-state index in [0.717, 1.165) is 0 Å². The molecule has 0 amide bonds. The zero-order valence-corrected chi connectivity index (χ0v) is 9.35. The third-order valence-electron chi connectivity index (χ3n) is 2.06. The molecule has 16 heavy (non-hydrogen) atoms. The van der Waals surface area contributed by atoms with Gasteiger partial charge in [-0.05, 0) is 18.1 Å². The summed E-state index contributed by atoms with van der Waals surface area (Å²) in [5.41, 5.74) is 5.91. The normalized spacial score (nSPS) is 15.1. The Balaban J connectivity index is 0.00000225. The van der Waals surface area contributed by atoms with Crippen molar-refractivity contribution in [2.24, 2.45) is 5.73 Å². The van der Waals surface area contributed by atoms with Crippen molar-refractivity contribution in [3.05, 3.63) is 35.4 Å². The summed E-state index contributed by atoms with van der Waals surface area (Å²) in [7, 11) is 0. The fourth-order valence-corrected chi connectivity index (χ4v) is 1.20. The van der Waals surface area contributed by atoms with Gasteiger partial charge < -0.3 is 10.8 Å². The van der Waals surface area contributed by atoms with Crippen LogP contribution >= 0.6 is 12.4 Å². The largest absolute Gasteiger partial charge is 0.418 e. The Morgan fingerprint density at radius 3 is 2.19 bits per heavy atom. The summed E-state index contributed by atoms with van der Waals surface area (Å²) in [6.45, 7) is 1.67. The summed E-state index contributed by atoms with van der Waals surface area (Å²) in [6, 6.07) is 5.21. The Hall–Kier alpha value is -0.780. The Morgan fingerprint density at radius 2 is 1.75 bits per heavy atom. The summed E-state index contributed by atoms with van der Waals surface area (Å²) in [5.74, 6) is 0. The van der Waals surface area contributed by atoms with Crippen LogP contribution in [-0.4, -0.2) is 11.3 Å². The van der Waals surface area contributed by atoms with Crippen molar-refractivity contribution in [3.8, 4) is 0 Å². The second-order valence-electron chi connectivity index (χ2n) is 3.40. The second-order valence-corrected chi connectivity index (χ2v) is 3.40. The summed E-state index contributed by atoms with van der Waals surface area (Å²) >= 11 is 0. The van der Waals surface area contributed by atoms with E-state index in [1.807, 2.05) is 0 Å². The molecule has 0 spiro atoms. The lowest BCUT2D eigenvalue weighted by Gasteiger charge is -2.16. The molecule has 2 atom stereocenters. The average Bonchev–Trinajstić information content (AvgIpc) is 2.15. The fourth-order valence-electron chi connectivity index (χ4n) is 1.20. The van der Waals surface area contributed by atoms with Crippen LogP contribution in [0, 0.1) is 0 Å². The van der Waals surface area contributed by atoms with Gasteiger partial charge in [0.25, 0.3) is 0 Å². The van der Waals surface area contributed by atoms with Crippen molar-refractivity contribution in [3.63, 3.8) is 0 Å². The van der Waals surface area contributed by atoms with E-state index < -0.39 is 12.3 Å². The molecule has 6 heteroatoms. The number of alkyl halides is 3. The zero-order chi connectivity index (χ0) is 11.6. The standard InChI is InChI=1S/C10H12F3NO.ClH/c1-6(14)7-3-2-4-8(5-7)9(15)10(11,12)13;/h2-6,9,15H,14H2,1H3;1H. The maximum Gasteiger partial charge on any atom is 0.418 e. The molecule has 0 radical (unpaired) electrons. The van der Waals surface area contributed by atoms with Crippen LogP contribution in [0.25, 0.3) is 0 Å². The van der Waals surface area contributed by atoms with Gasteiger partial charge in [0.1, 0.15) is 0 Å². The third kappa shape index (κ3) is 3.66. The summed E-state index contributed by atoms with van der Waals surface area (Å²) < 4.78 is 36.6. The highest BCUT2D eigenvalue weighted by Crippen LogP contribution is 2.32. The molecule has 0 aromatic heterocycles. The van der Waals surface area contributed by atoms with Gasteiger partial charge >= 0.3 is 6.18 Å². The van der Waals surface area contributed by atoms with Crippen LogP contribution in [0.5, 0.6) is 0 Å². The van der Waals surface area contributed by atoms with E-state index in [2.05, 4.69) is 0 Å². The third-order valence-corrected chi connectivity index (χ3v) is 2.06. The molecular formula is C10H13ClF3NO. The number of benzene rings is 1. The van der Waals surface area contributed by atoms with E-state index in [9.17, 15) is 13.2 Å². The monoisotopic (exact) mass is 255 g/mol. The van der Waals surface area contributed by atoms with Crippen LogP contribution in [-0.2, 0) is 0 Å². The van der Waals surface area contributed by atoms with Gasteiger partial charge in [-0.25, -0.2) is 0 Å². The number of aliphatic hydroxyl groups excluding tert-OH is 1. The van der Waals surface area contributed by atoms with E-state index in [1.54, 1.807) is 13.0 Å². The lowest BCUT2D eigenvalue weighted by Crippen LogP contribution is -2.20. The first-order valence-electron chi connectivity index (χ1n) is 4.42. The van der Waals surface area contributed by atoms with Crippen molar-refractivity contribution >= 4 is 12.4 Å². The molecule has 1 aromatic carbocycles. The minimum atomic E-state index is -4.64. The van der Waals surface area contributed by atoms with Crippen molar-refractivity contribution in [2.45, 2.75) is 25.2 Å². The lowest BCUT2D eigenvalue weighted by atomic mass is 10.0. The molecule has 0 saturated carbocycles. The number of halogens is 4. The van der Waals surface area contributed by atoms with Crippen LogP contribution in [0.15, 0.2) is 24.3 Å². The van der Waals surface area contributed by atoms with E-state index in [-0.39, 0.29) is 24.0 Å². The molecule has 2 unspecified atom stereocenters. The first kappa shape index (κ1) is 15.2. The number of hydrogen-bond donors (Lipinski definition) is 2. The van der Waals surface area contributed by atoms with Gasteiger partial charge in [0.2, 0.25) is 0 Å². The van der Waals surface area contributed by atoms with E-state index >= 15 is 0 Å². The van der Waals surface area contributed by atoms with Crippen molar-refractivity contribution in [1.82, 2.24) is 0 Å². The van der Waals surface area contributed by atoms with Gasteiger partial charge in [-0.15, -0.1) is 12.4 Å². The Kier molecular flexibility index (Phi) is 5.25. The van der Waals surface area contributed by atoms with Crippen molar-refractivity contribution < 1.29 is 18.3 Å². The van der Waals surface area contributed by atoms with Gasteiger partial charge in [0.05, 0.1) is 0 Å². The molecule has 1 aromatic rings. The minimum absolute atomic E-state index is 0. The molecule has 1 rings (SSSR count). The minimum Gasteiger partial charge on any atom is -0.379 e. The van der Waals surface area contributed by atoms with E-state index in [0.29, 0.717) is 5.56 Å². The van der Waals surface area contributed by atoms with Gasteiger partial charge in [-0.3, -0.25) is 0 Å². The van der Waals surface area contributed by atoms with Gasteiger partial charge in [0, 0.05) is 6.04 Å². The highest BCUT2D eigenvalue weighted by atomic mass is 35.5. The van der Waals surface area contributed by atoms with Crippen LogP contribution in [0.2, 0.25) is 0 Å². The summed E-state index contributed by atoms with van der Waals surface area (Å²) in [6.07, 6.45) is -7.09. The molecule has 0 heterocycles. The molecule has 3 N–H and O–H groups in total. The molecule has 0 aliphatic rings. The number of aliphatic hydroxyl groups is 1. The van der Waals surface area contributed by atoms with Gasteiger partial charge in [0.15, 0.2) is 6.10 Å². The van der Waals surface area contributed by atoms with Crippen LogP contribution in [0.4, 0.5) is 13.2 Å². The quantitative estimate of drug-likeness (QED) is 0.854. The molecule has 92 valence electrons. The fraction of sp³-hybridized carbons (Fsp3) is 0.400. The predicted molar refractivity (Wildman–Crippen MR) is 57.3 cm³/mol. The van der Waals surface area contributed by atoms with Crippen LogP contribution < -0.4 is 5.73 Å². The molecule has 0 aliphatic carbocycles. The number of nitrogens with two attached hydrogens (primary N) is 1. The Labute approximate surface area is 97.7 Å². The molecule has 2 nitrogen and oxygen atoms in total. The highest BCUT2D eigenvalue weighted by Gasteiger charge is 2.39. The summed E-state index contributed by atoms with van der Waals surface area (Å²) in [4.78, 5) is 0. The molecule has 0 fully saturated rings. The smallest absolute Gasteiger partial charge is 0.379 e. The van der Waals surface area contributed by atoms with E-state index in [4.69, 9.17) is 10.8 Å². The first-order chi connectivity index (χ1) is 6.82. The van der Waals surface area contributed by atoms with Crippen molar-refractivity contribution in [1.29, 1.82) is 0 Å². The van der Waals surface area contributed by atoms with Crippen LogP contribution in [0.3, 0.4) is 0 Å². The highest BCUT2D eigenvalue weighted by molar-refractivity contribution is 5.85. The topological polar surface area (TPSA) is 46.2 Å². The van der Waals surface area contributed by atoms with Gasteiger partial charge in [-0.1, -0.05) is 24.3 Å². The molecular weight excluding hydrogens is 243 g/mol. The SMILES string of the molecule is CC(N)c1cccc(C(O)C(F)(F)F)c1.Cl. The molecule has 0 bridgehead atoms. The second kappa shape index (κ2) is 5.52. The first-order valence-corrected chi connectivity index (χ1v) is 4.42. The van der Waals surface area contributed by atoms with Gasteiger partial charge in [-0.2, -0.15) is 13.2 Å². The average molecular weight is 256 g/mol. The maximum absolute atomic E-state index is 12.2. The summed E-state index contributed by atoms with van der Waals surface area (Å²) in [5, 5.41) is 9.00. The lowest BCUT2D eigenvalue weighted by molar-refractivity contribution is -0.206. The predicted octanol–water partition coefficient (Wildman–Crippen LogP) is 2.72. The van der Waals surface area contributed by atoms with E-state index in [1.165, 1.54) is 18.2 Å². The zero-order valence-electron chi connectivity index (χ0n) is 8.53. The Bertz CT molecular complexity index is 341.